The van der Waals surface area contributed by atoms with Crippen LogP contribution in [0.2, 0.25) is 0 Å². The lowest BCUT2D eigenvalue weighted by molar-refractivity contribution is 0.792. The van der Waals surface area contributed by atoms with E-state index >= 15 is 0 Å². The Balaban J connectivity index is 0.000001000. The van der Waals surface area contributed by atoms with Crippen molar-refractivity contribution in [2.75, 3.05) is 0 Å². The highest BCUT2D eigenvalue weighted by atomic mass is 35.5. The molecule has 0 atom stereocenters. The average Bonchev–Trinajstić information content (AvgIpc) is 2.31. The molecule has 0 aliphatic rings. The normalized spacial score (nSPS) is 10.0. The Morgan fingerprint density at radius 3 is 2.91 bits per heavy atom. The Labute approximate surface area is 81.1 Å². The van der Waals surface area contributed by atoms with E-state index in [1.807, 2.05) is 17.8 Å². The van der Waals surface area contributed by atoms with Crippen molar-refractivity contribution in [3.05, 3.63) is 23.3 Å². The topological polar surface area (TPSA) is 17.8 Å². The number of rotatable bonds is 2. The van der Waals surface area contributed by atoms with Crippen LogP contribution in [-0.2, 0) is 7.05 Å². The van der Waals surface area contributed by atoms with Crippen LogP contribution < -0.4 is 0 Å². The molecule has 0 aliphatic heterocycles. The first kappa shape index (κ1) is 10.9. The first-order valence-corrected chi connectivity index (χ1v) is 4.05. The maximum absolute atomic E-state index is 5.33. The van der Waals surface area contributed by atoms with E-state index in [4.69, 9.17) is 11.6 Å². The van der Waals surface area contributed by atoms with Gasteiger partial charge in [-0.3, -0.25) is 0 Å². The molecule has 62 valence electrons. The minimum atomic E-state index is 0. The molecule has 0 unspecified atom stereocenters. The van der Waals surface area contributed by atoms with Crippen molar-refractivity contribution in [2.45, 2.75) is 5.16 Å². The molecule has 1 rings (SSSR count). The lowest BCUT2D eigenvalue weighted by Crippen LogP contribution is -1.85. The molecule has 0 fully saturated rings. The van der Waals surface area contributed by atoms with Crippen molar-refractivity contribution in [3.8, 4) is 0 Å². The van der Waals surface area contributed by atoms with E-state index in [1.54, 1.807) is 11.6 Å². The Hall–Kier alpha value is -0.120. The Bertz CT molecular complexity index is 234. The smallest absolute Gasteiger partial charge is 0.172 e. The van der Waals surface area contributed by atoms with E-state index < -0.39 is 0 Å². The Kier molecular flexibility index (Phi) is 5.46. The predicted octanol–water partition coefficient (Wildman–Crippen LogP) is 2.64. The van der Waals surface area contributed by atoms with Gasteiger partial charge in [-0.25, -0.2) is 4.98 Å². The van der Waals surface area contributed by atoms with E-state index in [-0.39, 0.29) is 12.4 Å². The molecular weight excluding hydrogens is 203 g/mol. The van der Waals surface area contributed by atoms with Gasteiger partial charge in [0.1, 0.15) is 0 Å². The number of hydrogen-bond acceptors (Lipinski definition) is 2. The number of thioether (sulfide) groups is 1. The standard InChI is InChI=1S/C6H7ClN2S.ClH/c1-9-4-3-8-6(9)10-5-2-7;/h2-5H,1H3;1H. The number of aromatic nitrogens is 2. The van der Waals surface area contributed by atoms with Crippen LogP contribution in [0.1, 0.15) is 0 Å². The third-order valence-electron chi connectivity index (χ3n) is 1.00. The van der Waals surface area contributed by atoms with Gasteiger partial charge < -0.3 is 4.57 Å². The summed E-state index contributed by atoms with van der Waals surface area (Å²) in [7, 11) is 1.94. The summed E-state index contributed by atoms with van der Waals surface area (Å²) in [6.07, 6.45) is 3.65. The Morgan fingerprint density at radius 1 is 1.73 bits per heavy atom. The van der Waals surface area contributed by atoms with Crippen LogP contribution in [0.3, 0.4) is 0 Å². The molecule has 0 N–H and O–H groups in total. The van der Waals surface area contributed by atoms with Crippen LogP contribution in [0.15, 0.2) is 28.5 Å². The monoisotopic (exact) mass is 210 g/mol. The van der Waals surface area contributed by atoms with E-state index in [1.165, 1.54) is 17.3 Å². The molecule has 1 heterocycles. The summed E-state index contributed by atoms with van der Waals surface area (Å²) >= 11 is 6.83. The van der Waals surface area contributed by atoms with Crippen molar-refractivity contribution in [1.29, 1.82) is 0 Å². The van der Waals surface area contributed by atoms with E-state index in [2.05, 4.69) is 4.98 Å². The molecule has 0 saturated heterocycles. The van der Waals surface area contributed by atoms with Crippen molar-refractivity contribution in [3.63, 3.8) is 0 Å². The Morgan fingerprint density at radius 2 is 2.45 bits per heavy atom. The largest absolute Gasteiger partial charge is 0.329 e. The second-order valence-electron chi connectivity index (χ2n) is 1.70. The van der Waals surface area contributed by atoms with Crippen molar-refractivity contribution >= 4 is 35.8 Å². The highest BCUT2D eigenvalue weighted by Crippen LogP contribution is 2.15. The average molecular weight is 211 g/mol. The number of nitrogens with zero attached hydrogens (tertiary/aromatic N) is 2. The maximum atomic E-state index is 5.33. The summed E-state index contributed by atoms with van der Waals surface area (Å²) in [6.45, 7) is 0. The molecule has 2 nitrogen and oxygen atoms in total. The van der Waals surface area contributed by atoms with E-state index in [0.717, 1.165) is 5.16 Å². The third kappa shape index (κ3) is 3.18. The van der Waals surface area contributed by atoms with Gasteiger partial charge in [0.2, 0.25) is 0 Å². The van der Waals surface area contributed by atoms with Crippen LogP contribution in [0.5, 0.6) is 0 Å². The molecule has 0 saturated carbocycles. The zero-order valence-corrected chi connectivity index (χ0v) is 8.29. The quantitative estimate of drug-likeness (QED) is 0.700. The fraction of sp³-hybridized carbons (Fsp3) is 0.167. The molecular formula is C6H8Cl2N2S. The summed E-state index contributed by atoms with van der Waals surface area (Å²) in [5.41, 5.74) is 1.47. The number of imidazole rings is 1. The van der Waals surface area contributed by atoms with Gasteiger partial charge >= 0.3 is 0 Å². The molecule has 0 spiro atoms. The van der Waals surface area contributed by atoms with Crippen LogP contribution >= 0.6 is 35.8 Å². The number of hydrogen-bond donors (Lipinski definition) is 0. The van der Waals surface area contributed by atoms with Crippen molar-refractivity contribution in [2.24, 2.45) is 7.05 Å². The third-order valence-corrected chi connectivity index (χ3v) is 2.15. The van der Waals surface area contributed by atoms with E-state index in [9.17, 15) is 0 Å². The van der Waals surface area contributed by atoms with Gasteiger partial charge in [-0.2, -0.15) is 0 Å². The zero-order chi connectivity index (χ0) is 7.40. The van der Waals surface area contributed by atoms with Gasteiger partial charge in [-0.15, -0.1) is 12.4 Å². The fourth-order valence-corrected chi connectivity index (χ4v) is 1.23. The lowest BCUT2D eigenvalue weighted by atomic mass is 10.9. The summed E-state index contributed by atoms with van der Waals surface area (Å²) in [5, 5.41) is 2.72. The first-order valence-electron chi connectivity index (χ1n) is 2.74. The molecule has 0 amide bonds. The lowest BCUT2D eigenvalue weighted by Gasteiger charge is -1.93. The molecule has 11 heavy (non-hydrogen) atoms. The van der Waals surface area contributed by atoms with Crippen LogP contribution in [-0.4, -0.2) is 9.55 Å². The van der Waals surface area contributed by atoms with Gasteiger partial charge in [0.15, 0.2) is 5.16 Å². The van der Waals surface area contributed by atoms with Crippen LogP contribution in [0.25, 0.3) is 0 Å². The molecule has 5 heteroatoms. The fourth-order valence-electron chi connectivity index (χ4n) is 0.552. The molecule has 0 aromatic carbocycles. The van der Waals surface area contributed by atoms with Gasteiger partial charge in [-0.1, -0.05) is 23.4 Å². The molecule has 1 aromatic heterocycles. The van der Waals surface area contributed by atoms with Crippen molar-refractivity contribution < 1.29 is 0 Å². The summed E-state index contributed by atoms with van der Waals surface area (Å²) in [6, 6.07) is 0. The second-order valence-corrected chi connectivity index (χ2v) is 2.83. The molecule has 0 aliphatic carbocycles. The van der Waals surface area contributed by atoms with Crippen LogP contribution in [0, 0.1) is 0 Å². The van der Waals surface area contributed by atoms with Crippen molar-refractivity contribution in [1.82, 2.24) is 9.55 Å². The predicted molar refractivity (Wildman–Crippen MR) is 51.3 cm³/mol. The minimum Gasteiger partial charge on any atom is -0.329 e. The highest BCUT2D eigenvalue weighted by Gasteiger charge is 1.93. The molecule has 0 bridgehead atoms. The maximum Gasteiger partial charge on any atom is 0.172 e. The SMILES string of the molecule is Cl.Cn1ccnc1SC=CCl. The van der Waals surface area contributed by atoms with Crippen LogP contribution in [0.4, 0.5) is 0 Å². The molecule has 0 radical (unpaired) electrons. The summed E-state index contributed by atoms with van der Waals surface area (Å²) < 4.78 is 1.93. The summed E-state index contributed by atoms with van der Waals surface area (Å²) in [4.78, 5) is 4.07. The van der Waals surface area contributed by atoms with Gasteiger partial charge in [-0.05, 0) is 5.41 Å². The first-order chi connectivity index (χ1) is 4.84. The van der Waals surface area contributed by atoms with E-state index in [0.29, 0.717) is 0 Å². The number of halogens is 2. The summed E-state index contributed by atoms with van der Waals surface area (Å²) in [5.74, 6) is 0. The van der Waals surface area contributed by atoms with Gasteiger partial charge in [0.05, 0.1) is 0 Å². The molecule has 1 aromatic rings. The zero-order valence-electron chi connectivity index (χ0n) is 5.90. The van der Waals surface area contributed by atoms with Gasteiger partial charge in [0, 0.05) is 25.0 Å². The minimum absolute atomic E-state index is 0. The second kappa shape index (κ2) is 5.52. The highest BCUT2D eigenvalue weighted by molar-refractivity contribution is 8.02. The van der Waals surface area contributed by atoms with Gasteiger partial charge in [0.25, 0.3) is 0 Å². The number of aryl methyl sites for hydroxylation is 1.